The molecule has 110 valence electrons. The predicted molar refractivity (Wildman–Crippen MR) is 76.9 cm³/mol. The Labute approximate surface area is 121 Å². The van der Waals surface area contributed by atoms with Gasteiger partial charge in [-0.1, -0.05) is 12.1 Å². The van der Waals surface area contributed by atoms with Gasteiger partial charge in [-0.25, -0.2) is 12.8 Å². The second-order valence-electron chi connectivity index (χ2n) is 4.48. The summed E-state index contributed by atoms with van der Waals surface area (Å²) >= 11 is 0. The Bertz CT molecular complexity index is 804. The number of hydrogen-bond donors (Lipinski definition) is 2. The number of primary amides is 1. The van der Waals surface area contributed by atoms with E-state index in [1.54, 1.807) is 18.2 Å². The molecule has 0 aliphatic heterocycles. The third-order valence-corrected chi connectivity index (χ3v) is 4.16. The number of aryl methyl sites for hydroxylation is 1. The summed E-state index contributed by atoms with van der Waals surface area (Å²) in [6, 6.07) is 9.63. The van der Waals surface area contributed by atoms with Gasteiger partial charge in [-0.15, -0.1) is 0 Å². The molecule has 1 amide bonds. The van der Waals surface area contributed by atoms with Gasteiger partial charge in [0, 0.05) is 5.69 Å². The van der Waals surface area contributed by atoms with E-state index in [4.69, 9.17) is 5.73 Å². The summed E-state index contributed by atoms with van der Waals surface area (Å²) in [4.78, 5) is 10.8. The molecule has 7 heteroatoms. The highest BCUT2D eigenvalue weighted by Gasteiger charge is 2.18. The topological polar surface area (TPSA) is 89.3 Å². The third kappa shape index (κ3) is 3.38. The van der Waals surface area contributed by atoms with Crippen molar-refractivity contribution in [1.82, 2.24) is 0 Å². The van der Waals surface area contributed by atoms with Crippen LogP contribution >= 0.6 is 0 Å². The molecule has 0 heterocycles. The molecule has 0 fully saturated rings. The molecule has 0 unspecified atom stereocenters. The fourth-order valence-corrected chi connectivity index (χ4v) is 2.86. The number of carbonyl (C=O) groups is 1. The van der Waals surface area contributed by atoms with Crippen molar-refractivity contribution in [3.05, 3.63) is 59.4 Å². The van der Waals surface area contributed by atoms with Gasteiger partial charge >= 0.3 is 0 Å². The van der Waals surface area contributed by atoms with Crippen LogP contribution < -0.4 is 10.5 Å². The van der Waals surface area contributed by atoms with Crippen LogP contribution in [0.15, 0.2) is 47.4 Å². The Hall–Kier alpha value is -2.41. The molecule has 0 aliphatic rings. The fourth-order valence-electron chi connectivity index (χ4n) is 1.78. The molecule has 0 bridgehead atoms. The summed E-state index contributed by atoms with van der Waals surface area (Å²) in [5.41, 5.74) is 5.79. The van der Waals surface area contributed by atoms with E-state index in [9.17, 15) is 17.6 Å². The molecule has 3 N–H and O–H groups in total. The molecule has 5 nitrogen and oxygen atoms in total. The average molecular weight is 308 g/mol. The number of amides is 1. The van der Waals surface area contributed by atoms with Crippen LogP contribution in [0.5, 0.6) is 0 Å². The van der Waals surface area contributed by atoms with Crippen LogP contribution in [0.25, 0.3) is 0 Å². The summed E-state index contributed by atoms with van der Waals surface area (Å²) in [5, 5.41) is 0. The van der Waals surface area contributed by atoms with Crippen LogP contribution in [0.2, 0.25) is 0 Å². The monoisotopic (exact) mass is 308 g/mol. The molecule has 0 spiro atoms. The van der Waals surface area contributed by atoms with Crippen LogP contribution in [0, 0.1) is 12.7 Å². The molecule has 2 aromatic rings. The van der Waals surface area contributed by atoms with E-state index >= 15 is 0 Å². The van der Waals surface area contributed by atoms with Crippen molar-refractivity contribution >= 4 is 21.6 Å². The van der Waals surface area contributed by atoms with Gasteiger partial charge < -0.3 is 5.73 Å². The van der Waals surface area contributed by atoms with E-state index in [1.165, 1.54) is 0 Å². The van der Waals surface area contributed by atoms with E-state index in [0.29, 0.717) is 5.69 Å². The number of sulfonamides is 1. The molecular formula is C14H13FN2O3S. The molecule has 2 rings (SSSR count). The van der Waals surface area contributed by atoms with Crippen molar-refractivity contribution in [2.75, 3.05) is 4.72 Å². The number of anilines is 1. The minimum Gasteiger partial charge on any atom is -0.366 e. The van der Waals surface area contributed by atoms with Gasteiger partial charge in [-0.05, 0) is 42.8 Å². The second-order valence-corrected chi connectivity index (χ2v) is 6.16. The van der Waals surface area contributed by atoms with Gasteiger partial charge in [0.25, 0.3) is 15.9 Å². The molecule has 21 heavy (non-hydrogen) atoms. The molecule has 0 aliphatic carbocycles. The second kappa shape index (κ2) is 5.53. The number of nitrogens with two attached hydrogens (primary N) is 1. The third-order valence-electron chi connectivity index (χ3n) is 2.78. The molecule has 2 aromatic carbocycles. The van der Waals surface area contributed by atoms with Gasteiger partial charge in [0.1, 0.15) is 5.82 Å². The standard InChI is InChI=1S/C14H13FN2O3S/c1-9-3-2-4-10(7-9)17-21(19,20)11-5-6-13(15)12(8-11)14(16)18/h2-8,17H,1H3,(H2,16,18). The summed E-state index contributed by atoms with van der Waals surface area (Å²) in [7, 11) is -3.93. The molecule has 0 radical (unpaired) electrons. The molecule has 0 saturated heterocycles. The molecule has 0 atom stereocenters. The van der Waals surface area contributed by atoms with Gasteiger partial charge in [0.05, 0.1) is 10.5 Å². The first-order valence-electron chi connectivity index (χ1n) is 5.98. The molecule has 0 saturated carbocycles. The highest BCUT2D eigenvalue weighted by molar-refractivity contribution is 7.92. The minimum atomic E-state index is -3.93. The lowest BCUT2D eigenvalue weighted by Crippen LogP contribution is -2.17. The van der Waals surface area contributed by atoms with Crippen molar-refractivity contribution in [1.29, 1.82) is 0 Å². The van der Waals surface area contributed by atoms with Gasteiger partial charge in [-0.3, -0.25) is 9.52 Å². The SMILES string of the molecule is Cc1cccc(NS(=O)(=O)c2ccc(F)c(C(N)=O)c2)c1. The molecular weight excluding hydrogens is 295 g/mol. The largest absolute Gasteiger partial charge is 0.366 e. The summed E-state index contributed by atoms with van der Waals surface area (Å²) in [6.45, 7) is 1.82. The maximum absolute atomic E-state index is 13.4. The number of carbonyl (C=O) groups excluding carboxylic acids is 1. The van der Waals surface area contributed by atoms with Crippen molar-refractivity contribution in [3.63, 3.8) is 0 Å². The smallest absolute Gasteiger partial charge is 0.261 e. The molecule has 0 aromatic heterocycles. The summed E-state index contributed by atoms with van der Waals surface area (Å²) in [5.74, 6) is -1.89. The quantitative estimate of drug-likeness (QED) is 0.905. The van der Waals surface area contributed by atoms with Gasteiger partial charge in [0.2, 0.25) is 0 Å². The van der Waals surface area contributed by atoms with E-state index in [1.807, 2.05) is 13.0 Å². The zero-order valence-corrected chi connectivity index (χ0v) is 11.9. The number of halogens is 1. The van der Waals surface area contributed by atoms with Crippen molar-refractivity contribution in [2.24, 2.45) is 5.73 Å². The zero-order valence-electron chi connectivity index (χ0n) is 11.1. The van der Waals surface area contributed by atoms with Crippen molar-refractivity contribution in [2.45, 2.75) is 11.8 Å². The van der Waals surface area contributed by atoms with Crippen molar-refractivity contribution in [3.8, 4) is 0 Å². The number of benzene rings is 2. The number of nitrogens with one attached hydrogen (secondary N) is 1. The zero-order chi connectivity index (χ0) is 15.6. The van der Waals surface area contributed by atoms with Crippen molar-refractivity contribution < 1.29 is 17.6 Å². The number of hydrogen-bond acceptors (Lipinski definition) is 3. The lowest BCUT2D eigenvalue weighted by atomic mass is 10.2. The van der Waals surface area contributed by atoms with Crippen LogP contribution in [0.1, 0.15) is 15.9 Å². The lowest BCUT2D eigenvalue weighted by Gasteiger charge is -2.09. The maximum Gasteiger partial charge on any atom is 0.261 e. The van der Waals surface area contributed by atoms with Crippen LogP contribution in [-0.4, -0.2) is 14.3 Å². The van der Waals surface area contributed by atoms with Crippen LogP contribution in [0.3, 0.4) is 0 Å². The number of rotatable bonds is 4. The van der Waals surface area contributed by atoms with E-state index in [-0.39, 0.29) is 4.90 Å². The average Bonchev–Trinajstić information content (AvgIpc) is 2.38. The minimum absolute atomic E-state index is 0.237. The first-order valence-corrected chi connectivity index (χ1v) is 7.47. The maximum atomic E-state index is 13.4. The van der Waals surface area contributed by atoms with E-state index in [0.717, 1.165) is 23.8 Å². The Balaban J connectivity index is 2.40. The summed E-state index contributed by atoms with van der Waals surface area (Å²) in [6.07, 6.45) is 0. The Morgan fingerprint density at radius 3 is 2.52 bits per heavy atom. The van der Waals surface area contributed by atoms with Crippen LogP contribution in [0.4, 0.5) is 10.1 Å². The highest BCUT2D eigenvalue weighted by Crippen LogP contribution is 2.19. The Morgan fingerprint density at radius 1 is 1.19 bits per heavy atom. The normalized spacial score (nSPS) is 11.1. The van der Waals surface area contributed by atoms with E-state index in [2.05, 4.69) is 4.72 Å². The van der Waals surface area contributed by atoms with Gasteiger partial charge in [-0.2, -0.15) is 0 Å². The highest BCUT2D eigenvalue weighted by atomic mass is 32.2. The van der Waals surface area contributed by atoms with Gasteiger partial charge in [0.15, 0.2) is 0 Å². The lowest BCUT2D eigenvalue weighted by molar-refractivity contribution is 0.0996. The Morgan fingerprint density at radius 2 is 1.90 bits per heavy atom. The predicted octanol–water partition coefficient (Wildman–Crippen LogP) is 2.03. The first-order chi connectivity index (χ1) is 9.79. The van der Waals surface area contributed by atoms with Crippen LogP contribution in [-0.2, 0) is 10.0 Å². The first kappa shape index (κ1) is 15.0. The Kier molecular flexibility index (Phi) is 3.95. The summed E-state index contributed by atoms with van der Waals surface area (Å²) < 4.78 is 40.2. The van der Waals surface area contributed by atoms with E-state index < -0.39 is 27.3 Å². The fraction of sp³-hybridized carbons (Fsp3) is 0.0714.